The predicted octanol–water partition coefficient (Wildman–Crippen LogP) is 14.6. The lowest BCUT2D eigenvalue weighted by atomic mass is 10.1. The van der Waals surface area contributed by atoms with Gasteiger partial charge in [-0.15, -0.1) is 11.3 Å². The zero-order chi connectivity index (χ0) is 50.0. The Balaban J connectivity index is 1.07. The molecule has 362 valence electrons. The van der Waals surface area contributed by atoms with Crippen molar-refractivity contribution in [2.45, 2.75) is 71.3 Å². The number of benzene rings is 8. The average Bonchev–Trinajstić information content (AvgIpc) is 3.94. The molecule has 72 heavy (non-hydrogen) atoms. The SMILES string of the molecule is CC(C)(C)[Si](Oc1ccc(CN(Cc2ccc(O[Si](c3ccccc3)(c3ccccc3)C(C)(C)C)cc2)c2ccc(C=Cc3cccs3)c(OCc3ccccc3)c2)cc1)(c1ccccc1)c1ccccc1. The molecule has 9 rings (SSSR count). The van der Waals surface area contributed by atoms with E-state index in [9.17, 15) is 0 Å². The van der Waals surface area contributed by atoms with Gasteiger partial charge in [-0.2, -0.15) is 0 Å². The highest BCUT2D eigenvalue weighted by atomic mass is 32.1. The largest absolute Gasteiger partial charge is 0.534 e. The quantitative estimate of drug-likeness (QED) is 0.0802. The zero-order valence-electron chi connectivity index (χ0n) is 42.4. The summed E-state index contributed by atoms with van der Waals surface area (Å²) in [6.45, 7) is 15.7. The smallest absolute Gasteiger partial charge is 0.319 e. The summed E-state index contributed by atoms with van der Waals surface area (Å²) in [5.74, 6) is 2.57. The van der Waals surface area contributed by atoms with Crippen LogP contribution in [0.25, 0.3) is 12.2 Å². The maximum atomic E-state index is 7.44. The minimum Gasteiger partial charge on any atom is -0.534 e. The predicted molar refractivity (Wildman–Crippen MR) is 310 cm³/mol. The Kier molecular flexibility index (Phi) is 15.3. The van der Waals surface area contributed by atoms with Crippen LogP contribution in [-0.4, -0.2) is 16.6 Å². The van der Waals surface area contributed by atoms with Crippen LogP contribution in [0.4, 0.5) is 5.69 Å². The van der Waals surface area contributed by atoms with Crippen molar-refractivity contribution >= 4 is 66.6 Å². The molecule has 0 bridgehead atoms. The molecule has 0 unspecified atom stereocenters. The van der Waals surface area contributed by atoms with Gasteiger partial charge in [-0.3, -0.25) is 0 Å². The summed E-state index contributed by atoms with van der Waals surface area (Å²) in [4.78, 5) is 3.64. The van der Waals surface area contributed by atoms with Crippen molar-refractivity contribution in [3.8, 4) is 17.2 Å². The standard InChI is InChI=1S/C65H65NO3SSi2/c1-64(2,3)71(59-26-14-8-15-27-59,60-28-16-9-17-29-60)68-56-41-34-51(35-42-56)48-66(55-40-38-54(39-45-58-25-22-46-70-58)63(47-55)67-50-53-23-12-7-13-24-53)49-52-36-43-57(44-37-52)69-72(65(4,5)6,61-30-18-10-19-31-61)62-32-20-11-21-33-62/h7-47H,48-50H2,1-6H3. The lowest BCUT2D eigenvalue weighted by Gasteiger charge is -2.43. The Hall–Kier alpha value is -7.17. The third kappa shape index (κ3) is 11.1. The van der Waals surface area contributed by atoms with Gasteiger partial charge in [-0.1, -0.05) is 224 Å². The van der Waals surface area contributed by atoms with E-state index in [0.717, 1.165) is 34.1 Å². The second kappa shape index (κ2) is 22.1. The normalized spacial score (nSPS) is 12.1. The van der Waals surface area contributed by atoms with E-state index in [1.165, 1.54) is 36.8 Å². The van der Waals surface area contributed by atoms with Gasteiger partial charge in [0.15, 0.2) is 0 Å². The highest BCUT2D eigenvalue weighted by Gasteiger charge is 2.53. The Morgan fingerprint density at radius 2 is 0.847 bits per heavy atom. The van der Waals surface area contributed by atoms with Crippen LogP contribution in [-0.2, 0) is 19.7 Å². The minimum absolute atomic E-state index is 0.156. The van der Waals surface area contributed by atoms with Crippen molar-refractivity contribution in [1.29, 1.82) is 0 Å². The van der Waals surface area contributed by atoms with Gasteiger partial charge in [0.05, 0.1) is 0 Å². The van der Waals surface area contributed by atoms with Gasteiger partial charge in [0, 0.05) is 35.3 Å². The number of ether oxygens (including phenoxy) is 1. The fourth-order valence-electron chi connectivity index (χ4n) is 9.93. The number of nitrogens with zero attached hydrogens (tertiary/aromatic N) is 1. The van der Waals surface area contributed by atoms with Crippen LogP contribution in [0.2, 0.25) is 10.1 Å². The molecule has 0 aliphatic carbocycles. The number of hydrogen-bond donors (Lipinski definition) is 0. The molecule has 0 fully saturated rings. The molecule has 1 aromatic heterocycles. The van der Waals surface area contributed by atoms with Crippen molar-refractivity contribution < 1.29 is 13.6 Å². The molecule has 1 heterocycles. The molecule has 4 nitrogen and oxygen atoms in total. The van der Waals surface area contributed by atoms with Crippen LogP contribution < -0.4 is 39.2 Å². The van der Waals surface area contributed by atoms with E-state index < -0.39 is 16.6 Å². The fraction of sp³-hybridized carbons (Fsp3) is 0.169. The molecule has 0 atom stereocenters. The maximum absolute atomic E-state index is 7.44. The van der Waals surface area contributed by atoms with Crippen molar-refractivity contribution in [3.05, 3.63) is 263 Å². The third-order valence-electron chi connectivity index (χ3n) is 13.5. The molecule has 0 aliphatic heterocycles. The molecule has 0 radical (unpaired) electrons. The van der Waals surface area contributed by atoms with Gasteiger partial charge in [-0.25, -0.2) is 0 Å². The van der Waals surface area contributed by atoms with Gasteiger partial charge >= 0.3 is 16.6 Å². The van der Waals surface area contributed by atoms with Crippen molar-refractivity contribution in [2.75, 3.05) is 4.90 Å². The van der Waals surface area contributed by atoms with Gasteiger partial charge in [0.2, 0.25) is 0 Å². The molecule has 8 aromatic carbocycles. The first-order valence-electron chi connectivity index (χ1n) is 25.0. The van der Waals surface area contributed by atoms with Crippen molar-refractivity contribution in [3.63, 3.8) is 0 Å². The summed E-state index contributed by atoms with van der Waals surface area (Å²) in [5, 5.41) is 6.80. The Labute approximate surface area is 434 Å². The van der Waals surface area contributed by atoms with Crippen LogP contribution in [0, 0.1) is 0 Å². The number of hydrogen-bond acceptors (Lipinski definition) is 5. The lowest BCUT2D eigenvalue weighted by Crippen LogP contribution is -2.68. The van der Waals surface area contributed by atoms with E-state index in [-0.39, 0.29) is 10.1 Å². The van der Waals surface area contributed by atoms with E-state index >= 15 is 0 Å². The van der Waals surface area contributed by atoms with Crippen LogP contribution in [0.5, 0.6) is 17.2 Å². The van der Waals surface area contributed by atoms with E-state index in [0.29, 0.717) is 19.7 Å². The van der Waals surface area contributed by atoms with Gasteiger partial charge < -0.3 is 18.5 Å². The zero-order valence-corrected chi connectivity index (χ0v) is 45.2. The monoisotopic (exact) mass is 995 g/mol. The molecule has 0 amide bonds. The number of thiophene rings is 1. The molecule has 0 spiro atoms. The topological polar surface area (TPSA) is 30.9 Å². The highest BCUT2D eigenvalue weighted by molar-refractivity contribution is 7.10. The lowest BCUT2D eigenvalue weighted by molar-refractivity contribution is 0.305. The molecule has 7 heteroatoms. The van der Waals surface area contributed by atoms with E-state index in [4.69, 9.17) is 13.6 Å². The average molecular weight is 996 g/mol. The summed E-state index contributed by atoms with van der Waals surface area (Å²) in [7, 11) is -5.64. The summed E-state index contributed by atoms with van der Waals surface area (Å²) >= 11 is 1.72. The second-order valence-corrected chi connectivity index (χ2v) is 29.9. The minimum atomic E-state index is -2.82. The maximum Gasteiger partial charge on any atom is 0.319 e. The third-order valence-corrected chi connectivity index (χ3v) is 24.3. The van der Waals surface area contributed by atoms with Crippen molar-refractivity contribution in [2.24, 2.45) is 0 Å². The first kappa shape index (κ1) is 49.8. The molecule has 0 aliphatic rings. The van der Waals surface area contributed by atoms with Crippen LogP contribution in [0.1, 0.15) is 68.7 Å². The number of rotatable bonds is 18. The molecule has 0 N–H and O–H groups in total. The molecule has 0 saturated heterocycles. The van der Waals surface area contributed by atoms with Crippen molar-refractivity contribution in [1.82, 2.24) is 0 Å². The summed E-state index contributed by atoms with van der Waals surface area (Å²) in [6, 6.07) is 82.1. The Bertz CT molecular complexity index is 2890. The summed E-state index contributed by atoms with van der Waals surface area (Å²) in [5.41, 5.74) is 5.55. The van der Waals surface area contributed by atoms with E-state index in [2.05, 4.69) is 288 Å². The summed E-state index contributed by atoms with van der Waals surface area (Å²) < 4.78 is 21.6. The molecule has 9 aromatic rings. The van der Waals surface area contributed by atoms with Crippen LogP contribution in [0.3, 0.4) is 0 Å². The molecular weight excluding hydrogens is 931 g/mol. The fourth-order valence-corrected chi connectivity index (χ4v) is 19.4. The summed E-state index contributed by atoms with van der Waals surface area (Å²) in [6.07, 6.45) is 4.33. The van der Waals surface area contributed by atoms with Gasteiger partial charge in [-0.05, 0) is 108 Å². The Morgan fingerprint density at radius 1 is 0.431 bits per heavy atom. The highest BCUT2D eigenvalue weighted by Crippen LogP contribution is 2.40. The van der Waals surface area contributed by atoms with Gasteiger partial charge in [0.1, 0.15) is 23.9 Å². The first-order chi connectivity index (χ1) is 34.9. The van der Waals surface area contributed by atoms with E-state index in [1.807, 2.05) is 6.07 Å². The van der Waals surface area contributed by atoms with Gasteiger partial charge in [0.25, 0.3) is 0 Å². The molecule has 0 saturated carbocycles. The van der Waals surface area contributed by atoms with Crippen LogP contribution >= 0.6 is 11.3 Å². The molecular formula is C65H65NO3SSi2. The first-order valence-corrected chi connectivity index (χ1v) is 29.7. The number of anilines is 1. The van der Waals surface area contributed by atoms with Crippen LogP contribution in [0.15, 0.2) is 236 Å². The van der Waals surface area contributed by atoms with E-state index in [1.54, 1.807) is 11.3 Å². The second-order valence-electron chi connectivity index (χ2n) is 20.5. The Morgan fingerprint density at radius 3 is 1.24 bits per heavy atom.